The van der Waals surface area contributed by atoms with Gasteiger partial charge >= 0.3 is 6.03 Å². The van der Waals surface area contributed by atoms with Gasteiger partial charge < -0.3 is 50.2 Å². The number of amides is 4. The number of ether oxygens (including phenoxy) is 4. The molecule has 0 spiro atoms. The highest BCUT2D eigenvalue weighted by Crippen LogP contribution is 2.33. The van der Waals surface area contributed by atoms with E-state index < -0.39 is 24.6 Å². The Morgan fingerprint density at radius 1 is 0.836 bits per heavy atom. The molecule has 0 radical (unpaired) electrons. The highest BCUT2D eigenvalue weighted by atomic mass is 32.2. The lowest BCUT2D eigenvalue weighted by atomic mass is 9.93. The maximum atomic E-state index is 13.3. The minimum absolute atomic E-state index is 0.00133. The number of carbonyl (C=O) groups is 7. The highest BCUT2D eigenvalue weighted by molar-refractivity contribution is 8.00. The molecule has 348 valence electrons. The van der Waals surface area contributed by atoms with Gasteiger partial charge in [-0.2, -0.15) is 11.8 Å². The summed E-state index contributed by atoms with van der Waals surface area (Å²) in [6.07, 6.45) is 7.74. The number of Topliss-reactive ketones (excluding diaryl/α,β-unsaturated/α-hetero) is 4. The maximum absolute atomic E-state index is 13.3. The molecule has 0 unspecified atom stereocenters. The summed E-state index contributed by atoms with van der Waals surface area (Å²) in [5.41, 5.74) is 0. The number of likely N-dealkylation sites (tertiary alicyclic amines) is 1. The average Bonchev–Trinajstić information content (AvgIpc) is 3.97. The number of aliphatic hydroxyl groups is 1. The number of nitrogens with zero attached hydrogens (tertiary/aromatic N) is 1. The second-order valence-corrected chi connectivity index (χ2v) is 17.9. The monoisotopic (exact) mass is 883 g/mol. The van der Waals surface area contributed by atoms with E-state index in [2.05, 4.69) is 21.3 Å². The molecule has 3 aliphatic rings. The van der Waals surface area contributed by atoms with Gasteiger partial charge in [0.15, 0.2) is 17.3 Å². The van der Waals surface area contributed by atoms with Crippen molar-refractivity contribution in [1.82, 2.24) is 26.2 Å². The van der Waals surface area contributed by atoms with E-state index >= 15 is 0 Å². The number of hydrogen-bond acceptors (Lipinski definition) is 14. The Kier molecular flexibility index (Phi) is 25.9. The van der Waals surface area contributed by atoms with Gasteiger partial charge in [0.05, 0.1) is 63.1 Å². The van der Waals surface area contributed by atoms with Crippen molar-refractivity contribution in [3.8, 4) is 0 Å². The summed E-state index contributed by atoms with van der Waals surface area (Å²) in [5.74, 6) is -0.359. The van der Waals surface area contributed by atoms with E-state index in [4.69, 9.17) is 18.9 Å². The van der Waals surface area contributed by atoms with E-state index in [0.29, 0.717) is 102 Å². The van der Waals surface area contributed by atoms with Gasteiger partial charge in [-0.25, -0.2) is 4.79 Å². The number of likely N-dealkylation sites (N-methyl/N-ethyl adjacent to an activating group) is 1. The Morgan fingerprint density at radius 2 is 1.51 bits per heavy atom. The van der Waals surface area contributed by atoms with Crippen LogP contribution in [0.25, 0.3) is 0 Å². The Hall–Kier alpha value is -3.00. The number of urea groups is 1. The fraction of sp³-hybridized carbons (Fsp3) is 0.837. The quantitative estimate of drug-likeness (QED) is 0.0449. The second-order valence-electron chi connectivity index (χ2n) is 16.6. The Morgan fingerprint density at radius 3 is 2.20 bits per heavy atom. The van der Waals surface area contributed by atoms with Crippen molar-refractivity contribution in [2.24, 2.45) is 11.8 Å². The fourth-order valence-corrected chi connectivity index (χ4v) is 9.39. The highest BCUT2D eigenvalue weighted by Gasteiger charge is 2.42. The molecule has 3 rings (SSSR count). The first-order valence-corrected chi connectivity index (χ1v) is 23.4. The third-order valence-electron chi connectivity index (χ3n) is 11.2. The van der Waals surface area contributed by atoms with Crippen LogP contribution in [0.5, 0.6) is 0 Å². The molecule has 61 heavy (non-hydrogen) atoms. The molecule has 3 fully saturated rings. The first-order chi connectivity index (χ1) is 29.4. The van der Waals surface area contributed by atoms with Crippen LogP contribution in [0.4, 0.5) is 4.79 Å². The van der Waals surface area contributed by atoms with E-state index in [1.165, 1.54) is 4.90 Å². The smallest absolute Gasteiger partial charge is 0.315 e. The number of unbranched alkanes of at least 4 members (excludes halogenated alkanes) is 1. The van der Waals surface area contributed by atoms with Gasteiger partial charge in [-0.15, -0.1) is 0 Å². The van der Waals surface area contributed by atoms with E-state index in [0.717, 1.165) is 25.0 Å². The standard InChI is InChI=1S/C43H73N5O12S/c1-30(2)24-34(44-3)38(53)25-31(26-49)42(55)48-17-7-13-36(48)37(52)14-6-16-45-40(54)28-60-23-21-58-19-9-12-33(51)27-59-22-20-57-18-8-11-32(50)10-4-5-15-39-41-35(29-61-39)46-43(56)47-41/h30-31,34-36,39,41,44,49H,4-29H2,1-3H3,(H,45,54)(H2,46,47,56)/t31-,34-,35-,36-,39-,41-/m0/s1. The predicted molar refractivity (Wildman–Crippen MR) is 230 cm³/mol. The number of nitrogens with one attached hydrogen (secondary N) is 4. The van der Waals surface area contributed by atoms with Gasteiger partial charge in [-0.3, -0.25) is 28.8 Å². The molecule has 6 atom stereocenters. The van der Waals surface area contributed by atoms with Gasteiger partial charge in [0.2, 0.25) is 11.8 Å². The summed E-state index contributed by atoms with van der Waals surface area (Å²) in [7, 11) is 1.71. The number of thioether (sulfide) groups is 1. The largest absolute Gasteiger partial charge is 0.396 e. The Balaban J connectivity index is 1.08. The lowest BCUT2D eigenvalue weighted by Gasteiger charge is -2.28. The number of aliphatic hydroxyl groups excluding tert-OH is 1. The van der Waals surface area contributed by atoms with Crippen LogP contribution in [-0.2, 0) is 47.7 Å². The maximum Gasteiger partial charge on any atom is 0.315 e. The van der Waals surface area contributed by atoms with Crippen molar-refractivity contribution < 1.29 is 57.6 Å². The summed E-state index contributed by atoms with van der Waals surface area (Å²) in [4.78, 5) is 88.6. The van der Waals surface area contributed by atoms with E-state index in [-0.39, 0.29) is 98.9 Å². The van der Waals surface area contributed by atoms with Crippen molar-refractivity contribution >= 4 is 52.7 Å². The Labute approximate surface area is 366 Å². The van der Waals surface area contributed by atoms with Crippen LogP contribution in [0.2, 0.25) is 0 Å². The molecule has 3 heterocycles. The molecule has 3 saturated heterocycles. The summed E-state index contributed by atoms with van der Waals surface area (Å²) in [6.45, 7) is 6.06. The van der Waals surface area contributed by atoms with Crippen molar-refractivity contribution in [3.63, 3.8) is 0 Å². The predicted octanol–water partition coefficient (Wildman–Crippen LogP) is 2.14. The molecular weight excluding hydrogens is 811 g/mol. The van der Waals surface area contributed by atoms with E-state index in [9.17, 15) is 38.7 Å². The lowest BCUT2D eigenvalue weighted by Crippen LogP contribution is -2.46. The number of hydrogen-bond donors (Lipinski definition) is 5. The average molecular weight is 884 g/mol. The summed E-state index contributed by atoms with van der Waals surface area (Å²) in [6, 6.07) is -0.626. The van der Waals surface area contributed by atoms with Crippen LogP contribution < -0.4 is 21.3 Å². The Bertz CT molecular complexity index is 1390. The summed E-state index contributed by atoms with van der Waals surface area (Å²) < 4.78 is 21.8. The molecular formula is C43H73N5O12S. The number of ketones is 4. The van der Waals surface area contributed by atoms with Gasteiger partial charge in [-0.1, -0.05) is 20.3 Å². The molecule has 0 bridgehead atoms. The molecule has 0 aromatic rings. The topological polar surface area (TPSA) is 228 Å². The molecule has 17 nitrogen and oxygen atoms in total. The normalized spacial score (nSPS) is 20.6. The number of fused-ring (bicyclic) bond motifs is 1. The van der Waals surface area contributed by atoms with Crippen LogP contribution in [0.15, 0.2) is 0 Å². The van der Waals surface area contributed by atoms with Crippen LogP contribution >= 0.6 is 11.8 Å². The molecule has 18 heteroatoms. The number of rotatable bonds is 36. The third kappa shape index (κ3) is 20.4. The summed E-state index contributed by atoms with van der Waals surface area (Å²) in [5, 5.41) is 22.1. The van der Waals surface area contributed by atoms with Crippen LogP contribution in [0.3, 0.4) is 0 Å². The molecule has 0 saturated carbocycles. The molecule has 0 aliphatic carbocycles. The van der Waals surface area contributed by atoms with Crippen molar-refractivity contribution in [3.05, 3.63) is 0 Å². The molecule has 3 aliphatic heterocycles. The van der Waals surface area contributed by atoms with Crippen molar-refractivity contribution in [2.75, 3.05) is 85.4 Å². The van der Waals surface area contributed by atoms with Gasteiger partial charge in [0.1, 0.15) is 19.0 Å². The fourth-order valence-electron chi connectivity index (χ4n) is 7.85. The SMILES string of the molecule is CN[C@@H](CC(C)C)C(=O)C[C@@H](CO)C(=O)N1CCC[C@H]1C(=O)CCCNC(=O)COCCOCCCC(=O)COCCOCCCC(=O)CCCC[C@@H]1SC[C@@H]2NC(=O)N[C@@H]21. The zero-order valence-electron chi connectivity index (χ0n) is 36.7. The van der Waals surface area contributed by atoms with E-state index in [1.807, 2.05) is 25.6 Å². The van der Waals surface area contributed by atoms with Crippen LogP contribution in [0, 0.1) is 11.8 Å². The molecule has 4 amide bonds. The summed E-state index contributed by atoms with van der Waals surface area (Å²) >= 11 is 1.89. The zero-order valence-corrected chi connectivity index (χ0v) is 37.5. The molecule has 0 aromatic carbocycles. The zero-order chi connectivity index (χ0) is 44.4. The molecule has 5 N–H and O–H groups in total. The minimum atomic E-state index is -0.885. The molecule has 0 aromatic heterocycles. The van der Waals surface area contributed by atoms with Gasteiger partial charge in [0, 0.05) is 69.4 Å². The first-order valence-electron chi connectivity index (χ1n) is 22.4. The van der Waals surface area contributed by atoms with Crippen molar-refractivity contribution in [2.45, 2.75) is 133 Å². The third-order valence-corrected chi connectivity index (χ3v) is 12.7. The second kappa shape index (κ2) is 30.1. The van der Waals surface area contributed by atoms with Gasteiger partial charge in [0.25, 0.3) is 0 Å². The lowest BCUT2D eigenvalue weighted by molar-refractivity contribution is -0.143. The van der Waals surface area contributed by atoms with Crippen molar-refractivity contribution in [1.29, 1.82) is 0 Å². The van der Waals surface area contributed by atoms with Crippen LogP contribution in [-0.4, -0.2) is 166 Å². The minimum Gasteiger partial charge on any atom is -0.396 e. The van der Waals surface area contributed by atoms with E-state index in [1.54, 1.807) is 7.05 Å². The van der Waals surface area contributed by atoms with Crippen LogP contribution in [0.1, 0.15) is 104 Å². The van der Waals surface area contributed by atoms with Gasteiger partial charge in [-0.05, 0) is 64.3 Å². The number of carbonyl (C=O) groups excluding carboxylic acids is 7. The first kappa shape index (κ1) is 52.3.